The van der Waals surface area contributed by atoms with Crippen molar-refractivity contribution in [3.63, 3.8) is 0 Å². The van der Waals surface area contributed by atoms with Gasteiger partial charge in [0.1, 0.15) is 0 Å². The van der Waals surface area contributed by atoms with Crippen molar-refractivity contribution < 1.29 is 4.79 Å². The van der Waals surface area contributed by atoms with E-state index in [1.807, 2.05) is 33.4 Å². The summed E-state index contributed by atoms with van der Waals surface area (Å²) in [6.07, 6.45) is 6.76. The van der Waals surface area contributed by atoms with Crippen LogP contribution in [-0.2, 0) is 24.8 Å². The fourth-order valence-electron chi connectivity index (χ4n) is 2.03. The zero-order valence-corrected chi connectivity index (χ0v) is 12.3. The molecule has 0 radical (unpaired) electrons. The second-order valence-corrected chi connectivity index (χ2v) is 4.98. The van der Waals surface area contributed by atoms with Crippen molar-refractivity contribution >= 4 is 5.91 Å². The molecule has 0 spiro atoms. The van der Waals surface area contributed by atoms with Crippen LogP contribution in [0.15, 0.2) is 18.7 Å². The molecule has 0 aliphatic rings. The lowest BCUT2D eigenvalue weighted by atomic mass is 10.2. The quantitative estimate of drug-likeness (QED) is 0.855. The summed E-state index contributed by atoms with van der Waals surface area (Å²) in [7, 11) is 1.87. The first-order valence-corrected chi connectivity index (χ1v) is 6.79. The first-order chi connectivity index (χ1) is 9.56. The molecule has 0 saturated heterocycles. The van der Waals surface area contributed by atoms with Crippen molar-refractivity contribution in [3.05, 3.63) is 35.7 Å². The summed E-state index contributed by atoms with van der Waals surface area (Å²) in [6.45, 7) is 5.40. The Bertz CT molecular complexity index is 584. The van der Waals surface area contributed by atoms with Crippen LogP contribution < -0.4 is 5.32 Å². The molecule has 0 aliphatic carbocycles. The van der Waals surface area contributed by atoms with Crippen LogP contribution in [0.2, 0.25) is 0 Å². The number of nitrogens with zero attached hydrogens (tertiary/aromatic N) is 4. The van der Waals surface area contributed by atoms with Gasteiger partial charge in [-0.15, -0.1) is 0 Å². The fraction of sp³-hybridized carbons (Fsp3) is 0.500. The molecule has 2 heterocycles. The third-order valence-electron chi connectivity index (χ3n) is 3.42. The summed E-state index contributed by atoms with van der Waals surface area (Å²) in [6, 6.07) is 0. The Morgan fingerprint density at radius 2 is 2.20 bits per heavy atom. The molecule has 6 nitrogen and oxygen atoms in total. The summed E-state index contributed by atoms with van der Waals surface area (Å²) in [4.78, 5) is 16.0. The molecule has 20 heavy (non-hydrogen) atoms. The van der Waals surface area contributed by atoms with Crippen LogP contribution in [0.5, 0.6) is 0 Å². The van der Waals surface area contributed by atoms with Crippen molar-refractivity contribution in [2.24, 2.45) is 7.05 Å². The first-order valence-electron chi connectivity index (χ1n) is 6.79. The topological polar surface area (TPSA) is 64.7 Å². The molecule has 0 aliphatic heterocycles. The summed E-state index contributed by atoms with van der Waals surface area (Å²) in [5, 5.41) is 7.01. The third-order valence-corrected chi connectivity index (χ3v) is 3.42. The monoisotopic (exact) mass is 275 g/mol. The maximum atomic E-state index is 11.7. The third kappa shape index (κ3) is 3.69. The maximum Gasteiger partial charge on any atom is 0.220 e. The maximum absolute atomic E-state index is 11.7. The molecule has 6 heteroatoms. The minimum Gasteiger partial charge on any atom is -0.354 e. The largest absolute Gasteiger partial charge is 0.354 e. The lowest BCUT2D eigenvalue weighted by molar-refractivity contribution is -0.121. The van der Waals surface area contributed by atoms with E-state index in [0.717, 1.165) is 29.9 Å². The van der Waals surface area contributed by atoms with Gasteiger partial charge in [0, 0.05) is 38.4 Å². The summed E-state index contributed by atoms with van der Waals surface area (Å²) < 4.78 is 3.80. The van der Waals surface area contributed by atoms with E-state index in [9.17, 15) is 4.79 Å². The van der Waals surface area contributed by atoms with E-state index in [4.69, 9.17) is 0 Å². The number of carbonyl (C=O) groups excluding carboxylic acids is 1. The SMILES string of the molecule is Cc1ncn(CCNC(=O)CCc2cnn(C)c2)c1C. The number of rotatable bonds is 6. The number of imidazole rings is 1. The number of nitrogens with one attached hydrogen (secondary N) is 1. The molecule has 2 aromatic heterocycles. The van der Waals surface area contributed by atoms with E-state index < -0.39 is 0 Å². The molecule has 0 fully saturated rings. The van der Waals surface area contributed by atoms with Gasteiger partial charge >= 0.3 is 0 Å². The average Bonchev–Trinajstić information content (AvgIpc) is 2.97. The molecule has 0 bridgehead atoms. The number of amides is 1. The van der Waals surface area contributed by atoms with Gasteiger partial charge in [-0.1, -0.05) is 0 Å². The molecule has 2 rings (SSSR count). The molecule has 0 saturated carbocycles. The van der Waals surface area contributed by atoms with Crippen LogP contribution in [0.1, 0.15) is 23.4 Å². The molecule has 1 N–H and O–H groups in total. The molecule has 0 aromatic carbocycles. The van der Waals surface area contributed by atoms with Crippen LogP contribution in [0.4, 0.5) is 0 Å². The summed E-state index contributed by atoms with van der Waals surface area (Å²) in [5.74, 6) is 0.0725. The second kappa shape index (κ2) is 6.36. The second-order valence-electron chi connectivity index (χ2n) is 4.98. The molecular formula is C14H21N5O. The van der Waals surface area contributed by atoms with E-state index >= 15 is 0 Å². The van der Waals surface area contributed by atoms with Gasteiger partial charge in [0.2, 0.25) is 5.91 Å². The molecule has 1 amide bonds. The van der Waals surface area contributed by atoms with E-state index in [1.54, 1.807) is 10.9 Å². The standard InChI is InChI=1S/C14H21N5O/c1-11-12(2)19(10-16-11)7-6-15-14(20)5-4-13-8-17-18(3)9-13/h8-10H,4-7H2,1-3H3,(H,15,20). The van der Waals surface area contributed by atoms with Gasteiger partial charge in [-0.2, -0.15) is 5.10 Å². The van der Waals surface area contributed by atoms with Crippen LogP contribution in [0.3, 0.4) is 0 Å². The van der Waals surface area contributed by atoms with Gasteiger partial charge in [-0.05, 0) is 25.8 Å². The van der Waals surface area contributed by atoms with E-state index in [1.165, 1.54) is 0 Å². The Morgan fingerprint density at radius 1 is 1.40 bits per heavy atom. The predicted octanol–water partition coefficient (Wildman–Crippen LogP) is 0.982. The highest BCUT2D eigenvalue weighted by Crippen LogP contribution is 2.03. The predicted molar refractivity (Wildman–Crippen MR) is 76.2 cm³/mol. The van der Waals surface area contributed by atoms with Crippen molar-refractivity contribution in [1.29, 1.82) is 0 Å². The van der Waals surface area contributed by atoms with Crippen LogP contribution >= 0.6 is 0 Å². The zero-order chi connectivity index (χ0) is 14.5. The summed E-state index contributed by atoms with van der Waals surface area (Å²) >= 11 is 0. The number of aromatic nitrogens is 4. The van der Waals surface area contributed by atoms with Crippen molar-refractivity contribution in [3.8, 4) is 0 Å². The Morgan fingerprint density at radius 3 is 2.80 bits per heavy atom. The van der Waals surface area contributed by atoms with E-state index in [0.29, 0.717) is 13.0 Å². The van der Waals surface area contributed by atoms with Gasteiger partial charge in [-0.3, -0.25) is 9.48 Å². The number of aryl methyl sites for hydroxylation is 3. The first kappa shape index (κ1) is 14.3. The van der Waals surface area contributed by atoms with Crippen LogP contribution in [0, 0.1) is 13.8 Å². The Hall–Kier alpha value is -2.11. The van der Waals surface area contributed by atoms with Crippen molar-refractivity contribution in [2.45, 2.75) is 33.2 Å². The number of hydrogen-bond donors (Lipinski definition) is 1. The highest BCUT2D eigenvalue weighted by Gasteiger charge is 2.05. The molecular weight excluding hydrogens is 254 g/mol. The Kier molecular flexibility index (Phi) is 4.55. The average molecular weight is 275 g/mol. The number of hydrogen-bond acceptors (Lipinski definition) is 3. The fourth-order valence-corrected chi connectivity index (χ4v) is 2.03. The van der Waals surface area contributed by atoms with Gasteiger partial charge in [0.25, 0.3) is 0 Å². The zero-order valence-electron chi connectivity index (χ0n) is 12.3. The lowest BCUT2D eigenvalue weighted by Gasteiger charge is -2.07. The minimum absolute atomic E-state index is 0.0725. The molecule has 0 atom stereocenters. The van der Waals surface area contributed by atoms with Crippen molar-refractivity contribution in [1.82, 2.24) is 24.6 Å². The van der Waals surface area contributed by atoms with Gasteiger partial charge in [-0.25, -0.2) is 4.98 Å². The number of carbonyl (C=O) groups is 1. The van der Waals surface area contributed by atoms with E-state index in [2.05, 4.69) is 20.0 Å². The lowest BCUT2D eigenvalue weighted by Crippen LogP contribution is -2.27. The Labute approximate surface area is 118 Å². The van der Waals surface area contributed by atoms with Crippen LogP contribution in [-0.4, -0.2) is 31.8 Å². The van der Waals surface area contributed by atoms with Crippen molar-refractivity contribution in [2.75, 3.05) is 6.54 Å². The van der Waals surface area contributed by atoms with Gasteiger partial charge in [0.15, 0.2) is 0 Å². The molecule has 108 valence electrons. The smallest absolute Gasteiger partial charge is 0.220 e. The van der Waals surface area contributed by atoms with Gasteiger partial charge in [0.05, 0.1) is 18.2 Å². The summed E-state index contributed by atoms with van der Waals surface area (Å²) in [5.41, 5.74) is 3.27. The van der Waals surface area contributed by atoms with Gasteiger partial charge < -0.3 is 9.88 Å². The minimum atomic E-state index is 0.0725. The van der Waals surface area contributed by atoms with E-state index in [-0.39, 0.29) is 5.91 Å². The molecule has 2 aromatic rings. The van der Waals surface area contributed by atoms with Crippen LogP contribution in [0.25, 0.3) is 0 Å². The highest BCUT2D eigenvalue weighted by atomic mass is 16.1. The molecule has 0 unspecified atom stereocenters. The normalized spacial score (nSPS) is 10.8. The Balaban J connectivity index is 1.69. The highest BCUT2D eigenvalue weighted by molar-refractivity contribution is 5.76.